The van der Waals surface area contributed by atoms with Gasteiger partial charge in [-0.05, 0) is 62.2 Å². The Morgan fingerprint density at radius 1 is 1.07 bits per heavy atom. The van der Waals surface area contributed by atoms with Crippen molar-refractivity contribution in [3.63, 3.8) is 0 Å². The third-order valence-corrected chi connectivity index (χ3v) is 4.29. The molecule has 158 valence electrons. The summed E-state index contributed by atoms with van der Waals surface area (Å²) in [5, 5.41) is 8.94. The van der Waals surface area contributed by atoms with E-state index in [-0.39, 0.29) is 18.5 Å². The van der Waals surface area contributed by atoms with Crippen LogP contribution in [0.2, 0.25) is 0 Å². The summed E-state index contributed by atoms with van der Waals surface area (Å²) in [6.07, 6.45) is 0.170. The summed E-state index contributed by atoms with van der Waals surface area (Å²) < 4.78 is 15.9. The molecule has 2 rings (SSSR count). The van der Waals surface area contributed by atoms with Crippen LogP contribution in [0.3, 0.4) is 0 Å². The molecule has 0 spiro atoms. The molecule has 7 heteroatoms. The van der Waals surface area contributed by atoms with Gasteiger partial charge in [0.15, 0.2) is 18.1 Å². The molecule has 0 heterocycles. The number of aryl methyl sites for hydroxylation is 2. The van der Waals surface area contributed by atoms with Gasteiger partial charge in [-0.3, -0.25) is 4.79 Å². The van der Waals surface area contributed by atoms with Crippen LogP contribution in [0.1, 0.15) is 34.8 Å². The number of anilines is 1. The second-order valence-corrected chi connectivity index (χ2v) is 6.67. The highest BCUT2D eigenvalue weighted by atomic mass is 16.5. The first-order valence-electron chi connectivity index (χ1n) is 9.63. The van der Waals surface area contributed by atoms with Crippen molar-refractivity contribution >= 4 is 17.6 Å². The highest BCUT2D eigenvalue weighted by Crippen LogP contribution is 2.28. The van der Waals surface area contributed by atoms with Gasteiger partial charge < -0.3 is 19.1 Å². The maximum Gasteiger partial charge on any atom is 0.338 e. The van der Waals surface area contributed by atoms with Gasteiger partial charge >= 0.3 is 5.97 Å². The normalized spacial score (nSPS) is 10.1. The van der Waals surface area contributed by atoms with E-state index in [9.17, 15) is 9.59 Å². The summed E-state index contributed by atoms with van der Waals surface area (Å²) in [7, 11) is 1.51. The lowest BCUT2D eigenvalue weighted by atomic mass is 10.1. The number of hydrogen-bond acceptors (Lipinski definition) is 6. The number of nitrogens with zero attached hydrogens (tertiary/aromatic N) is 2. The zero-order chi connectivity index (χ0) is 22.1. The van der Waals surface area contributed by atoms with E-state index < -0.39 is 18.5 Å². The molecule has 0 radical (unpaired) electrons. The van der Waals surface area contributed by atoms with E-state index in [0.717, 1.165) is 11.1 Å². The number of benzene rings is 2. The van der Waals surface area contributed by atoms with Crippen molar-refractivity contribution in [2.75, 3.05) is 31.8 Å². The molecule has 0 aliphatic heterocycles. The number of amides is 1. The topological polar surface area (TPSA) is 88.9 Å². The lowest BCUT2D eigenvalue weighted by molar-refractivity contribution is -0.121. The first kappa shape index (κ1) is 22.8. The average molecular weight is 410 g/mol. The zero-order valence-corrected chi connectivity index (χ0v) is 17.7. The molecule has 0 bridgehead atoms. The molecule has 30 heavy (non-hydrogen) atoms. The Morgan fingerprint density at radius 2 is 1.77 bits per heavy atom. The molecular formula is C23H26N2O5. The van der Waals surface area contributed by atoms with Crippen LogP contribution in [0.5, 0.6) is 11.5 Å². The number of carbonyl (C=O) groups excluding carboxylic acids is 2. The summed E-state index contributed by atoms with van der Waals surface area (Å²) in [5.74, 6) is -0.122. The fourth-order valence-corrected chi connectivity index (χ4v) is 3.03. The van der Waals surface area contributed by atoms with Gasteiger partial charge in [0.05, 0.1) is 31.8 Å². The molecule has 0 aliphatic rings. The van der Waals surface area contributed by atoms with Crippen LogP contribution in [0.4, 0.5) is 5.69 Å². The van der Waals surface area contributed by atoms with Crippen molar-refractivity contribution in [3.8, 4) is 17.6 Å². The maximum atomic E-state index is 12.8. The summed E-state index contributed by atoms with van der Waals surface area (Å²) in [4.78, 5) is 26.7. The molecule has 0 aliphatic carbocycles. The zero-order valence-electron chi connectivity index (χ0n) is 17.7. The molecule has 0 unspecified atom stereocenters. The maximum absolute atomic E-state index is 12.8. The van der Waals surface area contributed by atoms with E-state index in [1.54, 1.807) is 12.1 Å². The summed E-state index contributed by atoms with van der Waals surface area (Å²) in [6, 6.07) is 12.4. The van der Waals surface area contributed by atoms with E-state index in [1.807, 2.05) is 45.0 Å². The van der Waals surface area contributed by atoms with Crippen molar-refractivity contribution in [2.45, 2.75) is 27.2 Å². The van der Waals surface area contributed by atoms with Gasteiger partial charge in [-0.1, -0.05) is 6.07 Å². The van der Waals surface area contributed by atoms with Gasteiger partial charge in [0.1, 0.15) is 0 Å². The molecule has 2 aromatic rings. The van der Waals surface area contributed by atoms with Crippen LogP contribution in [0, 0.1) is 25.2 Å². The molecule has 0 saturated carbocycles. The summed E-state index contributed by atoms with van der Waals surface area (Å²) >= 11 is 0. The Kier molecular flexibility index (Phi) is 8.24. The molecule has 0 saturated heterocycles. The summed E-state index contributed by atoms with van der Waals surface area (Å²) in [5.41, 5.74) is 2.92. The Hall–Kier alpha value is -3.53. The quantitative estimate of drug-likeness (QED) is 0.584. The monoisotopic (exact) mass is 410 g/mol. The van der Waals surface area contributed by atoms with Crippen molar-refractivity contribution in [1.29, 1.82) is 5.26 Å². The van der Waals surface area contributed by atoms with E-state index in [2.05, 4.69) is 0 Å². The first-order valence-corrected chi connectivity index (χ1v) is 9.63. The Balaban J connectivity index is 2.13. The Bertz CT molecular complexity index is 929. The average Bonchev–Trinajstić information content (AvgIpc) is 2.71. The third-order valence-electron chi connectivity index (χ3n) is 4.29. The van der Waals surface area contributed by atoms with Gasteiger partial charge in [-0.25, -0.2) is 4.79 Å². The van der Waals surface area contributed by atoms with Gasteiger partial charge in [-0.2, -0.15) is 5.26 Å². The molecule has 0 fully saturated rings. The third kappa shape index (κ3) is 5.98. The van der Waals surface area contributed by atoms with Crippen molar-refractivity contribution < 1.29 is 23.8 Å². The minimum atomic E-state index is -0.646. The van der Waals surface area contributed by atoms with Crippen molar-refractivity contribution in [2.24, 2.45) is 0 Å². The Labute approximate surface area is 176 Å². The van der Waals surface area contributed by atoms with Gasteiger partial charge in [-0.15, -0.1) is 0 Å². The van der Waals surface area contributed by atoms with Gasteiger partial charge in [0.2, 0.25) is 0 Å². The number of esters is 1. The standard InChI is InChI=1S/C23H26N2O5/c1-5-29-21-14-18(7-8-20(21)28-4)23(27)30-15-22(26)25(10-6-9-24)19-12-16(2)11-17(3)13-19/h7-8,11-14H,5-6,10,15H2,1-4H3. The van der Waals surface area contributed by atoms with E-state index in [4.69, 9.17) is 19.5 Å². The van der Waals surface area contributed by atoms with E-state index in [1.165, 1.54) is 18.1 Å². The number of nitriles is 1. The van der Waals surface area contributed by atoms with Crippen LogP contribution in [-0.2, 0) is 9.53 Å². The molecule has 0 aromatic heterocycles. The highest BCUT2D eigenvalue weighted by Gasteiger charge is 2.19. The predicted molar refractivity (Wildman–Crippen MR) is 113 cm³/mol. The van der Waals surface area contributed by atoms with Crippen LogP contribution in [0.15, 0.2) is 36.4 Å². The van der Waals surface area contributed by atoms with Crippen LogP contribution in [0.25, 0.3) is 0 Å². The highest BCUT2D eigenvalue weighted by molar-refractivity contribution is 5.97. The molecule has 1 amide bonds. The van der Waals surface area contributed by atoms with E-state index in [0.29, 0.717) is 23.8 Å². The molecule has 0 N–H and O–H groups in total. The molecule has 0 atom stereocenters. The largest absolute Gasteiger partial charge is 0.493 e. The first-order chi connectivity index (χ1) is 14.4. The summed E-state index contributed by atoms with van der Waals surface area (Å²) in [6.45, 7) is 5.88. The van der Waals surface area contributed by atoms with Crippen LogP contribution >= 0.6 is 0 Å². The lowest BCUT2D eigenvalue weighted by Gasteiger charge is -2.22. The smallest absolute Gasteiger partial charge is 0.338 e. The lowest BCUT2D eigenvalue weighted by Crippen LogP contribution is -2.35. The fraction of sp³-hybridized carbons (Fsp3) is 0.348. The number of ether oxygens (including phenoxy) is 3. The minimum absolute atomic E-state index is 0.170. The van der Waals surface area contributed by atoms with Crippen molar-refractivity contribution in [3.05, 3.63) is 53.1 Å². The predicted octanol–water partition coefficient (Wildman–Crippen LogP) is 3.81. The van der Waals surface area contributed by atoms with E-state index >= 15 is 0 Å². The molecule has 7 nitrogen and oxygen atoms in total. The van der Waals surface area contributed by atoms with Gasteiger partial charge in [0.25, 0.3) is 5.91 Å². The minimum Gasteiger partial charge on any atom is -0.493 e. The van der Waals surface area contributed by atoms with Crippen LogP contribution in [-0.4, -0.2) is 38.7 Å². The van der Waals surface area contributed by atoms with Crippen molar-refractivity contribution in [1.82, 2.24) is 0 Å². The SMILES string of the molecule is CCOc1cc(C(=O)OCC(=O)N(CCC#N)c2cc(C)cc(C)c2)ccc1OC. The van der Waals surface area contributed by atoms with Gasteiger partial charge in [0, 0.05) is 12.2 Å². The fourth-order valence-electron chi connectivity index (χ4n) is 3.03. The number of carbonyl (C=O) groups is 2. The van der Waals surface area contributed by atoms with Crippen LogP contribution < -0.4 is 14.4 Å². The number of methoxy groups -OCH3 is 1. The Morgan fingerprint density at radius 3 is 2.37 bits per heavy atom. The number of hydrogen-bond donors (Lipinski definition) is 0. The molecular weight excluding hydrogens is 384 g/mol. The second kappa shape index (κ2) is 10.9. The second-order valence-electron chi connectivity index (χ2n) is 6.67. The number of rotatable bonds is 9. The molecule has 2 aromatic carbocycles.